The van der Waals surface area contributed by atoms with Gasteiger partial charge in [-0.1, -0.05) is 79.5 Å². The van der Waals surface area contributed by atoms with E-state index in [1.165, 1.54) is 4.90 Å². The first-order valence-corrected chi connectivity index (χ1v) is 15.3. The Morgan fingerprint density at radius 3 is 2.10 bits per heavy atom. The Kier molecular flexibility index (Phi) is 10.8. The summed E-state index contributed by atoms with van der Waals surface area (Å²) in [6.07, 6.45) is 1.30. The molecule has 0 aromatic heterocycles. The number of hydrogen-bond acceptors (Lipinski definition) is 4. The number of nitrogens with zero attached hydrogens (tertiary/aromatic N) is 2. The van der Waals surface area contributed by atoms with E-state index in [1.807, 2.05) is 39.8 Å². The summed E-state index contributed by atoms with van der Waals surface area (Å²) in [4.78, 5) is 28.7. The molecule has 3 aromatic rings. The van der Waals surface area contributed by atoms with Crippen molar-refractivity contribution in [2.45, 2.75) is 71.0 Å². The van der Waals surface area contributed by atoms with Crippen molar-refractivity contribution in [2.24, 2.45) is 0 Å². The second-order valence-corrected chi connectivity index (χ2v) is 12.2. The van der Waals surface area contributed by atoms with Crippen LogP contribution < -0.4 is 9.62 Å². The van der Waals surface area contributed by atoms with Gasteiger partial charge < -0.3 is 10.2 Å². The van der Waals surface area contributed by atoms with Crippen molar-refractivity contribution >= 4 is 39.1 Å². The summed E-state index contributed by atoms with van der Waals surface area (Å²) in [6.45, 7) is 8.86. The number of amides is 2. The van der Waals surface area contributed by atoms with Crippen molar-refractivity contribution in [3.63, 3.8) is 0 Å². The Morgan fingerprint density at radius 2 is 1.50 bits per heavy atom. The SMILES string of the molecule is CCc1ccccc1N(CC(=O)N(Cc1ccccc1Cl)[C@@H](C)C(=O)N[C@@H](C)CC)S(=O)(=O)c1ccc(C)cc1. The predicted molar refractivity (Wildman–Crippen MR) is 161 cm³/mol. The molecule has 0 unspecified atom stereocenters. The molecular weight excluding hydrogens is 546 g/mol. The van der Waals surface area contributed by atoms with Gasteiger partial charge in [0.2, 0.25) is 11.8 Å². The van der Waals surface area contributed by atoms with Crippen molar-refractivity contribution in [1.29, 1.82) is 0 Å². The number of para-hydroxylation sites is 1. The highest BCUT2D eigenvalue weighted by Crippen LogP contribution is 2.29. The number of hydrogen-bond donors (Lipinski definition) is 1. The Labute approximate surface area is 243 Å². The molecule has 0 radical (unpaired) electrons. The van der Waals surface area contributed by atoms with Crippen LogP contribution in [0.25, 0.3) is 0 Å². The first kappa shape index (κ1) is 31.2. The third-order valence-corrected chi connectivity index (χ3v) is 9.14. The van der Waals surface area contributed by atoms with Crippen molar-refractivity contribution in [2.75, 3.05) is 10.8 Å². The monoisotopic (exact) mass is 583 g/mol. The van der Waals surface area contributed by atoms with Gasteiger partial charge in [0.05, 0.1) is 10.6 Å². The van der Waals surface area contributed by atoms with Gasteiger partial charge in [-0.25, -0.2) is 8.42 Å². The van der Waals surface area contributed by atoms with Gasteiger partial charge in [-0.2, -0.15) is 0 Å². The Morgan fingerprint density at radius 1 is 0.900 bits per heavy atom. The molecule has 3 aromatic carbocycles. The van der Waals surface area contributed by atoms with Crippen LogP contribution in [0.2, 0.25) is 5.02 Å². The highest BCUT2D eigenvalue weighted by atomic mass is 35.5. The van der Waals surface area contributed by atoms with Crippen LogP contribution >= 0.6 is 11.6 Å². The number of halogens is 1. The van der Waals surface area contributed by atoms with Crippen LogP contribution in [0, 0.1) is 6.92 Å². The molecule has 0 bridgehead atoms. The van der Waals surface area contributed by atoms with E-state index in [2.05, 4.69) is 5.32 Å². The summed E-state index contributed by atoms with van der Waals surface area (Å²) < 4.78 is 29.2. The fourth-order valence-corrected chi connectivity index (χ4v) is 5.91. The highest BCUT2D eigenvalue weighted by molar-refractivity contribution is 7.92. The number of carbonyl (C=O) groups excluding carboxylic acids is 2. The Balaban J connectivity index is 2.07. The van der Waals surface area contributed by atoms with Crippen molar-refractivity contribution in [3.8, 4) is 0 Å². The zero-order chi connectivity index (χ0) is 29.4. The molecule has 40 heavy (non-hydrogen) atoms. The average molecular weight is 584 g/mol. The summed E-state index contributed by atoms with van der Waals surface area (Å²) in [5.41, 5.74) is 2.78. The average Bonchev–Trinajstić information content (AvgIpc) is 2.95. The predicted octanol–water partition coefficient (Wildman–Crippen LogP) is 5.74. The summed E-state index contributed by atoms with van der Waals surface area (Å²) in [6, 6.07) is 19.8. The van der Waals surface area contributed by atoms with Crippen molar-refractivity contribution in [1.82, 2.24) is 10.2 Å². The van der Waals surface area contributed by atoms with Gasteiger partial charge >= 0.3 is 0 Å². The molecule has 0 fully saturated rings. The third-order valence-electron chi connectivity index (χ3n) is 7.00. The number of carbonyl (C=O) groups is 2. The molecule has 7 nitrogen and oxygen atoms in total. The first-order chi connectivity index (χ1) is 19.0. The van der Waals surface area contributed by atoms with Gasteiger partial charge in [0.25, 0.3) is 10.0 Å². The molecule has 3 rings (SSSR count). The lowest BCUT2D eigenvalue weighted by Gasteiger charge is -2.33. The molecule has 0 saturated carbocycles. The van der Waals surface area contributed by atoms with Crippen LogP contribution in [0.4, 0.5) is 5.69 Å². The van der Waals surface area contributed by atoms with Crippen LogP contribution in [0.5, 0.6) is 0 Å². The maximum atomic E-state index is 14.1. The third kappa shape index (κ3) is 7.43. The minimum atomic E-state index is -4.12. The molecule has 214 valence electrons. The molecule has 0 spiro atoms. The van der Waals surface area contributed by atoms with Gasteiger partial charge in [-0.3, -0.25) is 13.9 Å². The maximum Gasteiger partial charge on any atom is 0.264 e. The molecule has 2 atom stereocenters. The topological polar surface area (TPSA) is 86.8 Å². The van der Waals surface area contributed by atoms with E-state index < -0.39 is 28.5 Å². The molecule has 0 aliphatic rings. The fraction of sp³-hybridized carbons (Fsp3) is 0.355. The highest BCUT2D eigenvalue weighted by Gasteiger charge is 2.33. The molecule has 9 heteroatoms. The Hall–Kier alpha value is -3.36. The van der Waals surface area contributed by atoms with Crippen LogP contribution in [-0.4, -0.2) is 43.8 Å². The molecule has 0 heterocycles. The van der Waals surface area contributed by atoms with E-state index in [9.17, 15) is 18.0 Å². The van der Waals surface area contributed by atoms with E-state index >= 15 is 0 Å². The molecule has 2 amide bonds. The summed E-state index contributed by atoms with van der Waals surface area (Å²) >= 11 is 6.43. The zero-order valence-corrected chi connectivity index (χ0v) is 25.3. The van der Waals surface area contributed by atoms with E-state index in [-0.39, 0.29) is 23.4 Å². The lowest BCUT2D eigenvalue weighted by Crippen LogP contribution is -2.52. The Bertz CT molecular complexity index is 1430. The van der Waals surface area contributed by atoms with Gasteiger partial charge in [0.15, 0.2) is 0 Å². The lowest BCUT2D eigenvalue weighted by atomic mass is 10.1. The largest absolute Gasteiger partial charge is 0.352 e. The quantitative estimate of drug-likeness (QED) is 0.295. The molecular formula is C31H38ClN3O4S. The smallest absolute Gasteiger partial charge is 0.264 e. The number of benzene rings is 3. The van der Waals surface area contributed by atoms with E-state index in [4.69, 9.17) is 11.6 Å². The summed E-state index contributed by atoms with van der Waals surface area (Å²) in [7, 11) is -4.12. The number of rotatable bonds is 12. The molecule has 0 aliphatic carbocycles. The summed E-state index contributed by atoms with van der Waals surface area (Å²) in [5.74, 6) is -0.843. The fourth-order valence-electron chi connectivity index (χ4n) is 4.26. The van der Waals surface area contributed by atoms with E-state index in [0.717, 1.165) is 21.9 Å². The molecule has 1 N–H and O–H groups in total. The van der Waals surface area contributed by atoms with Crippen molar-refractivity contribution < 1.29 is 18.0 Å². The lowest BCUT2D eigenvalue weighted by molar-refractivity contribution is -0.139. The second kappa shape index (κ2) is 13.8. The molecule has 0 aliphatic heterocycles. The normalized spacial score (nSPS) is 12.8. The maximum absolute atomic E-state index is 14.1. The van der Waals surface area contributed by atoms with E-state index in [0.29, 0.717) is 22.7 Å². The standard InChI is InChI=1S/C31H38ClN3O4S/c1-6-23(4)33-31(37)24(5)34(20-26-13-8-10-14-28(26)32)30(36)21-35(29-15-11-9-12-25(29)7-2)40(38,39)27-18-16-22(3)17-19-27/h8-19,23-24H,6-7,20-21H2,1-5H3,(H,33,37)/t23-,24-/m0/s1. The molecule has 0 saturated heterocycles. The number of sulfonamides is 1. The van der Waals surface area contributed by atoms with Gasteiger partial charge in [-0.05, 0) is 69.0 Å². The van der Waals surface area contributed by atoms with Gasteiger partial charge in [0, 0.05) is 17.6 Å². The van der Waals surface area contributed by atoms with Crippen LogP contribution in [0.1, 0.15) is 50.8 Å². The first-order valence-electron chi connectivity index (χ1n) is 13.5. The zero-order valence-electron chi connectivity index (χ0n) is 23.7. The van der Waals surface area contributed by atoms with Crippen molar-refractivity contribution in [3.05, 3.63) is 94.5 Å². The van der Waals surface area contributed by atoms with E-state index in [1.54, 1.807) is 67.6 Å². The van der Waals surface area contributed by atoms with Crippen LogP contribution in [0.3, 0.4) is 0 Å². The number of aryl methyl sites for hydroxylation is 2. The minimum absolute atomic E-state index is 0.0431. The van der Waals surface area contributed by atoms with Crippen LogP contribution in [-0.2, 0) is 32.6 Å². The summed E-state index contributed by atoms with van der Waals surface area (Å²) in [5, 5.41) is 3.39. The number of nitrogens with one attached hydrogen (secondary N) is 1. The minimum Gasteiger partial charge on any atom is -0.352 e. The van der Waals surface area contributed by atoms with Gasteiger partial charge in [0.1, 0.15) is 12.6 Å². The second-order valence-electron chi connectivity index (χ2n) is 9.91. The van der Waals surface area contributed by atoms with Crippen LogP contribution in [0.15, 0.2) is 77.7 Å². The van der Waals surface area contributed by atoms with Gasteiger partial charge in [-0.15, -0.1) is 0 Å². The number of anilines is 1.